The Labute approximate surface area is 417 Å². The molecule has 0 N–H and O–H groups in total. The molecule has 0 saturated heterocycles. The van der Waals surface area contributed by atoms with E-state index in [4.69, 9.17) is 0 Å². The van der Waals surface area contributed by atoms with Crippen LogP contribution in [0.5, 0.6) is 0 Å². The summed E-state index contributed by atoms with van der Waals surface area (Å²) >= 11 is 0. The second-order valence-electron chi connectivity index (χ2n) is 26.8. The molecular formula is C66H70BN3. The standard InChI is InChI=1S/C66H70BN3/c1-61(2,3)39-23-25-41(26-24-39)69-56-34-40(62(4,5)6)33-55-58(56)67(51-36-45-43-19-15-17-21-52(43)70-53-22-18-16-20-44(53)57(59(45)70)60(51)69)50-37-48-49(66(13,14)32-31-65(48,11)12)38-54(50)68(55)42-27-28-46-47(35-42)64(9,10)30-29-63(46,7)8/h15-28,33-38H,29-32H2,1-14H3. The molecule has 0 bridgehead atoms. The zero-order chi connectivity index (χ0) is 49.0. The molecule has 9 aromatic rings. The molecule has 0 unspecified atom stereocenters. The molecule has 2 aromatic heterocycles. The Morgan fingerprint density at radius 1 is 0.429 bits per heavy atom. The largest absolute Gasteiger partial charge is 0.311 e. The van der Waals surface area contributed by atoms with E-state index < -0.39 is 0 Å². The van der Waals surface area contributed by atoms with Gasteiger partial charge in [-0.05, 0) is 163 Å². The van der Waals surface area contributed by atoms with Crippen LogP contribution in [-0.4, -0.2) is 11.1 Å². The Hall–Kier alpha value is -6.00. The van der Waals surface area contributed by atoms with Crippen molar-refractivity contribution < 1.29 is 0 Å². The highest BCUT2D eigenvalue weighted by Crippen LogP contribution is 2.55. The lowest BCUT2D eigenvalue weighted by atomic mass is 9.32. The van der Waals surface area contributed by atoms with E-state index in [1.165, 1.54) is 148 Å². The van der Waals surface area contributed by atoms with Crippen LogP contribution in [0.4, 0.5) is 34.1 Å². The van der Waals surface area contributed by atoms with E-state index in [-0.39, 0.29) is 39.2 Å². The van der Waals surface area contributed by atoms with E-state index >= 15 is 0 Å². The molecule has 0 atom stereocenters. The van der Waals surface area contributed by atoms with Crippen molar-refractivity contribution in [3.63, 3.8) is 0 Å². The Balaban J connectivity index is 1.23. The Morgan fingerprint density at radius 2 is 0.943 bits per heavy atom. The maximum atomic E-state index is 2.74. The second kappa shape index (κ2) is 13.9. The number of hydrogen-bond donors (Lipinski definition) is 0. The van der Waals surface area contributed by atoms with Crippen LogP contribution in [0.3, 0.4) is 0 Å². The minimum absolute atomic E-state index is 0.0139. The Kier molecular flexibility index (Phi) is 8.73. The first-order valence-corrected chi connectivity index (χ1v) is 26.4. The lowest BCUT2D eigenvalue weighted by Crippen LogP contribution is -2.62. The number of para-hydroxylation sites is 2. The zero-order valence-corrected chi connectivity index (χ0v) is 44.3. The van der Waals surface area contributed by atoms with Crippen LogP contribution < -0.4 is 26.2 Å². The Morgan fingerprint density at radius 3 is 1.56 bits per heavy atom. The van der Waals surface area contributed by atoms with Crippen molar-refractivity contribution in [2.24, 2.45) is 0 Å². The van der Waals surface area contributed by atoms with Crippen molar-refractivity contribution in [3.05, 3.63) is 155 Å². The molecule has 0 spiro atoms. The van der Waals surface area contributed by atoms with Crippen molar-refractivity contribution >= 4 is 95.3 Å². The highest BCUT2D eigenvalue weighted by molar-refractivity contribution is 7.00. The fraction of sp³-hybridized carbons (Fsp3) is 0.364. The molecule has 4 heteroatoms. The molecule has 0 amide bonds. The lowest BCUT2D eigenvalue weighted by Gasteiger charge is -2.48. The predicted molar refractivity (Wildman–Crippen MR) is 303 cm³/mol. The average Bonchev–Trinajstić information content (AvgIpc) is 3.83. The van der Waals surface area contributed by atoms with Crippen molar-refractivity contribution in [2.75, 3.05) is 9.80 Å². The van der Waals surface area contributed by atoms with Gasteiger partial charge in [-0.15, -0.1) is 0 Å². The summed E-state index contributed by atoms with van der Waals surface area (Å²) in [4.78, 5) is 5.44. The topological polar surface area (TPSA) is 10.9 Å². The van der Waals surface area contributed by atoms with Gasteiger partial charge in [0.25, 0.3) is 6.71 Å². The quantitative estimate of drug-likeness (QED) is 0.160. The van der Waals surface area contributed by atoms with Gasteiger partial charge in [-0.1, -0.05) is 164 Å². The van der Waals surface area contributed by atoms with E-state index in [9.17, 15) is 0 Å². The summed E-state index contributed by atoms with van der Waals surface area (Å²) in [6.45, 7) is 34.1. The minimum atomic E-state index is -0.126. The highest BCUT2D eigenvalue weighted by Gasteiger charge is 2.49. The van der Waals surface area contributed by atoms with Crippen molar-refractivity contribution in [1.29, 1.82) is 0 Å². The number of rotatable bonds is 2. The van der Waals surface area contributed by atoms with Gasteiger partial charge >= 0.3 is 0 Å². The summed E-state index contributed by atoms with van der Waals surface area (Å²) in [5.41, 5.74) is 24.6. The van der Waals surface area contributed by atoms with Crippen LogP contribution in [0.25, 0.3) is 38.1 Å². The molecule has 0 saturated carbocycles. The van der Waals surface area contributed by atoms with E-state index in [0.717, 1.165) is 0 Å². The van der Waals surface area contributed by atoms with E-state index in [1.54, 1.807) is 0 Å². The molecule has 13 rings (SSSR count). The van der Waals surface area contributed by atoms with E-state index in [2.05, 4.69) is 232 Å². The van der Waals surface area contributed by atoms with Crippen LogP contribution in [0.15, 0.2) is 121 Å². The SMILES string of the molecule is CC(C)(C)c1ccc(N2c3cc(C(C)(C)C)cc4c3B(c3cc5c(cc3N4c3ccc4c(c3)C(C)(C)CCC4(C)C)C(C)(C)CCC5(C)C)c3cc4c5ccccc5n5c6ccccc6c(c32)c45)cc1. The highest BCUT2D eigenvalue weighted by atomic mass is 15.2. The van der Waals surface area contributed by atoms with Gasteiger partial charge in [0.1, 0.15) is 0 Å². The molecule has 7 aromatic carbocycles. The third-order valence-corrected chi connectivity index (χ3v) is 18.3. The first kappa shape index (κ1) is 44.0. The first-order valence-electron chi connectivity index (χ1n) is 26.4. The van der Waals surface area contributed by atoms with Gasteiger partial charge in [-0.3, -0.25) is 0 Å². The minimum Gasteiger partial charge on any atom is -0.311 e. The van der Waals surface area contributed by atoms with Crippen LogP contribution in [0.1, 0.15) is 156 Å². The third-order valence-electron chi connectivity index (χ3n) is 18.3. The molecular weight excluding hydrogens is 846 g/mol. The van der Waals surface area contributed by atoms with Crippen molar-refractivity contribution in [3.8, 4) is 0 Å². The number of nitrogens with zero attached hydrogens (tertiary/aromatic N) is 3. The van der Waals surface area contributed by atoms with Gasteiger partial charge in [-0.25, -0.2) is 0 Å². The fourth-order valence-electron chi connectivity index (χ4n) is 13.9. The summed E-state index contributed by atoms with van der Waals surface area (Å²) < 4.78 is 2.57. The zero-order valence-electron chi connectivity index (χ0n) is 44.3. The number of anilines is 6. The van der Waals surface area contributed by atoms with Gasteiger partial charge in [0.05, 0.1) is 22.2 Å². The summed E-state index contributed by atoms with van der Waals surface area (Å²) in [5.74, 6) is 0. The number of hydrogen-bond acceptors (Lipinski definition) is 2. The van der Waals surface area contributed by atoms with E-state index in [1.807, 2.05) is 0 Å². The fourth-order valence-corrected chi connectivity index (χ4v) is 13.9. The summed E-state index contributed by atoms with van der Waals surface area (Å²) in [5, 5.41) is 5.30. The Bertz CT molecular complexity index is 3690. The molecule has 70 heavy (non-hydrogen) atoms. The normalized spacial score (nSPS) is 18.6. The van der Waals surface area contributed by atoms with Crippen molar-refractivity contribution in [2.45, 2.75) is 155 Å². The number of fused-ring (bicyclic) bond motifs is 13. The second-order valence-corrected chi connectivity index (χ2v) is 26.8. The summed E-state index contributed by atoms with van der Waals surface area (Å²) in [6, 6.07) is 48.8. The van der Waals surface area contributed by atoms with Crippen LogP contribution in [0.2, 0.25) is 0 Å². The first-order chi connectivity index (χ1) is 33.0. The smallest absolute Gasteiger partial charge is 0.252 e. The predicted octanol–water partition coefficient (Wildman–Crippen LogP) is 16.2. The lowest BCUT2D eigenvalue weighted by molar-refractivity contribution is 0.332. The molecule has 2 aliphatic carbocycles. The monoisotopic (exact) mass is 916 g/mol. The van der Waals surface area contributed by atoms with Gasteiger partial charge in [0.2, 0.25) is 0 Å². The van der Waals surface area contributed by atoms with Gasteiger partial charge in [0.15, 0.2) is 0 Å². The van der Waals surface area contributed by atoms with Crippen molar-refractivity contribution in [1.82, 2.24) is 4.40 Å². The van der Waals surface area contributed by atoms with E-state index in [0.29, 0.717) is 0 Å². The molecule has 3 nitrogen and oxygen atoms in total. The molecule has 0 fully saturated rings. The third kappa shape index (κ3) is 5.95. The van der Waals surface area contributed by atoms with Crippen LogP contribution in [0, 0.1) is 0 Å². The molecule has 352 valence electrons. The maximum absolute atomic E-state index is 2.74. The molecule has 4 heterocycles. The van der Waals surface area contributed by atoms with Crippen LogP contribution >= 0.6 is 0 Å². The summed E-state index contributed by atoms with van der Waals surface area (Å²) in [6.07, 6.45) is 4.71. The average molecular weight is 916 g/mol. The van der Waals surface area contributed by atoms with Crippen LogP contribution in [-0.2, 0) is 32.5 Å². The summed E-state index contributed by atoms with van der Waals surface area (Å²) in [7, 11) is 0. The van der Waals surface area contributed by atoms with Gasteiger partial charge in [-0.2, -0.15) is 0 Å². The maximum Gasteiger partial charge on any atom is 0.252 e. The molecule has 4 aliphatic rings. The number of benzene rings is 7. The molecule has 0 radical (unpaired) electrons. The van der Waals surface area contributed by atoms with Gasteiger partial charge in [0, 0.05) is 50.0 Å². The van der Waals surface area contributed by atoms with Gasteiger partial charge < -0.3 is 14.2 Å². The number of aromatic nitrogens is 1. The molecule has 2 aliphatic heterocycles.